The number of piperazine rings is 1. The van der Waals surface area contributed by atoms with Gasteiger partial charge in [-0.1, -0.05) is 19.1 Å². The molecule has 1 fully saturated rings. The largest absolute Gasteiger partial charge is 0.355 e. The summed E-state index contributed by atoms with van der Waals surface area (Å²) in [5, 5.41) is 18.4. The number of carbonyl (C=O) groups excluding carboxylic acids is 2. The third kappa shape index (κ3) is 5.17. The van der Waals surface area contributed by atoms with E-state index in [1.165, 1.54) is 33.8 Å². The Morgan fingerprint density at radius 1 is 1.19 bits per heavy atom. The molecule has 3 rings (SSSR count). The average molecular weight is 442 g/mol. The summed E-state index contributed by atoms with van der Waals surface area (Å²) in [6.45, 7) is 6.15. The van der Waals surface area contributed by atoms with Gasteiger partial charge in [-0.2, -0.15) is 5.10 Å². The van der Waals surface area contributed by atoms with E-state index in [1.54, 1.807) is 13.0 Å². The Morgan fingerprint density at radius 2 is 1.88 bits per heavy atom. The molecule has 0 radical (unpaired) electrons. The summed E-state index contributed by atoms with van der Waals surface area (Å²) in [4.78, 5) is 51.8. The molecule has 1 aliphatic heterocycles. The maximum absolute atomic E-state index is 13.0. The van der Waals surface area contributed by atoms with Crippen LogP contribution in [0.25, 0.3) is 5.69 Å². The summed E-state index contributed by atoms with van der Waals surface area (Å²) >= 11 is 0. The Bertz CT molecular complexity index is 1070. The highest BCUT2D eigenvalue weighted by molar-refractivity contribution is 5.92. The molecule has 1 aromatic heterocycles. The predicted octanol–water partition coefficient (Wildman–Crippen LogP) is 0.733. The highest BCUT2D eigenvalue weighted by atomic mass is 16.6. The van der Waals surface area contributed by atoms with Crippen molar-refractivity contribution in [1.82, 2.24) is 24.9 Å². The van der Waals surface area contributed by atoms with Gasteiger partial charge in [0, 0.05) is 50.6 Å². The predicted molar refractivity (Wildman–Crippen MR) is 117 cm³/mol. The molecule has 1 aliphatic rings. The van der Waals surface area contributed by atoms with Crippen LogP contribution in [0.1, 0.15) is 29.5 Å². The van der Waals surface area contributed by atoms with Crippen molar-refractivity contribution in [2.45, 2.75) is 20.3 Å². The van der Waals surface area contributed by atoms with E-state index in [1.807, 2.05) is 11.8 Å². The summed E-state index contributed by atoms with van der Waals surface area (Å²) in [5.41, 5.74) is -0.456. The van der Waals surface area contributed by atoms with Crippen molar-refractivity contribution in [2.24, 2.45) is 0 Å². The van der Waals surface area contributed by atoms with Crippen LogP contribution in [0.5, 0.6) is 0 Å². The lowest BCUT2D eigenvalue weighted by molar-refractivity contribution is -0.384. The lowest BCUT2D eigenvalue weighted by Crippen LogP contribution is -2.52. The number of rotatable bonds is 7. The van der Waals surface area contributed by atoms with Gasteiger partial charge in [-0.05, 0) is 19.4 Å². The van der Waals surface area contributed by atoms with E-state index in [9.17, 15) is 24.5 Å². The van der Waals surface area contributed by atoms with Crippen molar-refractivity contribution >= 4 is 17.5 Å². The van der Waals surface area contributed by atoms with Gasteiger partial charge in [-0.25, -0.2) is 4.68 Å². The minimum atomic E-state index is -0.538. The molecule has 11 heteroatoms. The van der Waals surface area contributed by atoms with Gasteiger partial charge in [0.2, 0.25) is 11.3 Å². The maximum atomic E-state index is 13.0. The fourth-order valence-corrected chi connectivity index (χ4v) is 3.52. The quantitative estimate of drug-likeness (QED) is 0.494. The summed E-state index contributed by atoms with van der Waals surface area (Å²) in [7, 11) is 0. The molecule has 11 nitrogen and oxygen atoms in total. The average Bonchev–Trinajstić information content (AvgIpc) is 2.78. The minimum absolute atomic E-state index is 0.0563. The number of nitrogens with one attached hydrogen (secondary N) is 1. The van der Waals surface area contributed by atoms with Crippen molar-refractivity contribution in [1.29, 1.82) is 0 Å². The smallest absolute Gasteiger partial charge is 0.294 e. The van der Waals surface area contributed by atoms with Crippen LogP contribution < -0.4 is 10.7 Å². The van der Waals surface area contributed by atoms with Crippen molar-refractivity contribution in [3.05, 3.63) is 62.1 Å². The molecule has 32 heavy (non-hydrogen) atoms. The van der Waals surface area contributed by atoms with Crippen LogP contribution in [0.3, 0.4) is 0 Å². The van der Waals surface area contributed by atoms with Gasteiger partial charge in [0.25, 0.3) is 11.6 Å². The monoisotopic (exact) mass is 442 g/mol. The molecule has 0 spiro atoms. The van der Waals surface area contributed by atoms with Crippen LogP contribution >= 0.6 is 0 Å². The first-order valence-corrected chi connectivity index (χ1v) is 10.4. The normalized spacial score (nSPS) is 14.2. The molecule has 0 bridgehead atoms. The van der Waals surface area contributed by atoms with E-state index in [-0.39, 0.29) is 29.5 Å². The third-order valence-corrected chi connectivity index (χ3v) is 5.22. The van der Waals surface area contributed by atoms with Gasteiger partial charge in [0.05, 0.1) is 11.5 Å². The SMILES string of the molecule is CCCNC(=O)CN1CCN(C(=O)c2nn(-c3ccccc3[N+](=O)[O-])c(C)cc2=O)CC1. The molecule has 2 aromatic rings. The van der Waals surface area contributed by atoms with E-state index < -0.39 is 16.3 Å². The second-order valence-electron chi connectivity index (χ2n) is 7.57. The molecule has 0 unspecified atom stereocenters. The van der Waals surface area contributed by atoms with E-state index >= 15 is 0 Å². The first-order chi connectivity index (χ1) is 15.3. The topological polar surface area (TPSA) is 131 Å². The zero-order chi connectivity index (χ0) is 23.3. The first kappa shape index (κ1) is 23.1. The highest BCUT2D eigenvalue weighted by Gasteiger charge is 2.27. The van der Waals surface area contributed by atoms with Gasteiger partial charge in [0.1, 0.15) is 5.69 Å². The number of nitro benzene ring substituents is 1. The van der Waals surface area contributed by atoms with Crippen LogP contribution in [0.15, 0.2) is 35.1 Å². The molecule has 1 aromatic carbocycles. The number of para-hydroxylation sites is 2. The second-order valence-corrected chi connectivity index (χ2v) is 7.57. The summed E-state index contributed by atoms with van der Waals surface area (Å²) in [6.07, 6.45) is 0.862. The van der Waals surface area contributed by atoms with Crippen LogP contribution in [0.4, 0.5) is 5.69 Å². The third-order valence-electron chi connectivity index (χ3n) is 5.22. The van der Waals surface area contributed by atoms with E-state index in [4.69, 9.17) is 0 Å². The van der Waals surface area contributed by atoms with E-state index in [0.717, 1.165) is 6.42 Å². The minimum Gasteiger partial charge on any atom is -0.355 e. The number of hydrogen-bond donors (Lipinski definition) is 1. The number of nitro groups is 1. The molecule has 0 aliphatic carbocycles. The fraction of sp³-hybridized carbons (Fsp3) is 0.429. The number of amides is 2. The Morgan fingerprint density at radius 3 is 2.53 bits per heavy atom. The highest BCUT2D eigenvalue weighted by Crippen LogP contribution is 2.22. The van der Waals surface area contributed by atoms with E-state index in [0.29, 0.717) is 38.4 Å². The molecule has 1 saturated heterocycles. The maximum Gasteiger partial charge on any atom is 0.294 e. The molecule has 0 atom stereocenters. The summed E-state index contributed by atoms with van der Waals surface area (Å²) in [5.74, 6) is -0.586. The molecule has 2 amide bonds. The lowest BCUT2D eigenvalue weighted by Gasteiger charge is -2.34. The van der Waals surface area contributed by atoms with Crippen LogP contribution in [-0.4, -0.2) is 75.6 Å². The molecule has 170 valence electrons. The Kier molecular flexibility index (Phi) is 7.31. The van der Waals surface area contributed by atoms with Crippen molar-refractivity contribution in [2.75, 3.05) is 39.3 Å². The number of aryl methyl sites for hydroxylation is 1. The van der Waals surface area contributed by atoms with Crippen molar-refractivity contribution in [3.63, 3.8) is 0 Å². The number of carbonyl (C=O) groups is 2. The molecule has 1 N–H and O–H groups in total. The van der Waals surface area contributed by atoms with Crippen LogP contribution in [0.2, 0.25) is 0 Å². The zero-order valence-electron chi connectivity index (χ0n) is 18.1. The number of aromatic nitrogens is 2. The first-order valence-electron chi connectivity index (χ1n) is 10.4. The second kappa shape index (κ2) is 10.1. The zero-order valence-corrected chi connectivity index (χ0v) is 18.1. The number of benzene rings is 1. The van der Waals surface area contributed by atoms with E-state index in [2.05, 4.69) is 10.4 Å². The Balaban J connectivity index is 1.77. The molecular formula is C21H26N6O5. The summed E-state index contributed by atoms with van der Waals surface area (Å²) in [6, 6.07) is 7.27. The number of nitrogens with zero attached hydrogens (tertiary/aromatic N) is 5. The van der Waals surface area contributed by atoms with Crippen molar-refractivity contribution < 1.29 is 14.5 Å². The van der Waals surface area contributed by atoms with Crippen LogP contribution in [0, 0.1) is 17.0 Å². The standard InChI is InChI=1S/C21H26N6O5/c1-3-8-22-19(29)14-24-9-11-25(12-10-24)21(30)20-18(28)13-15(2)26(23-20)16-6-4-5-7-17(16)27(31)32/h4-7,13H,3,8-12,14H2,1-2H3,(H,22,29). The van der Waals surface area contributed by atoms with Crippen LogP contribution in [-0.2, 0) is 4.79 Å². The lowest BCUT2D eigenvalue weighted by atomic mass is 10.2. The molecule has 2 heterocycles. The van der Waals surface area contributed by atoms with Crippen molar-refractivity contribution in [3.8, 4) is 5.69 Å². The Hall–Kier alpha value is -3.60. The summed E-state index contributed by atoms with van der Waals surface area (Å²) < 4.78 is 1.25. The molecular weight excluding hydrogens is 416 g/mol. The number of hydrogen-bond acceptors (Lipinski definition) is 7. The van der Waals surface area contributed by atoms with Gasteiger partial charge in [-0.3, -0.25) is 29.4 Å². The Labute approximate surface area is 184 Å². The van der Waals surface area contributed by atoms with Gasteiger partial charge < -0.3 is 10.2 Å². The van der Waals surface area contributed by atoms with Gasteiger partial charge in [-0.15, -0.1) is 0 Å². The van der Waals surface area contributed by atoms with Gasteiger partial charge >= 0.3 is 0 Å². The fourth-order valence-electron chi connectivity index (χ4n) is 3.52. The molecule has 0 saturated carbocycles. The van der Waals surface area contributed by atoms with Gasteiger partial charge in [0.15, 0.2) is 5.69 Å².